The fourth-order valence-electron chi connectivity index (χ4n) is 5.72. The quantitative estimate of drug-likeness (QED) is 0.638. The average Bonchev–Trinajstić information content (AvgIpc) is 3.51. The molecule has 3 amide bonds. The first-order chi connectivity index (χ1) is 17.1. The van der Waals surface area contributed by atoms with Gasteiger partial charge in [-0.2, -0.15) is 0 Å². The number of carbonyl (C=O) groups is 3. The molecule has 1 unspecified atom stereocenters. The molecule has 8 heteroatoms. The molecule has 182 valence electrons. The summed E-state index contributed by atoms with van der Waals surface area (Å²) in [5.74, 6) is 0.423. The van der Waals surface area contributed by atoms with Gasteiger partial charge >= 0.3 is 0 Å². The van der Waals surface area contributed by atoms with Crippen LogP contribution in [0.1, 0.15) is 24.8 Å². The van der Waals surface area contributed by atoms with Crippen LogP contribution in [0.2, 0.25) is 0 Å². The van der Waals surface area contributed by atoms with Crippen molar-refractivity contribution in [1.82, 2.24) is 4.90 Å². The fourth-order valence-corrected chi connectivity index (χ4v) is 5.72. The molecule has 0 radical (unpaired) electrons. The van der Waals surface area contributed by atoms with Gasteiger partial charge in [0.25, 0.3) is 0 Å². The monoisotopic (exact) mass is 475 g/mol. The zero-order valence-electron chi connectivity index (χ0n) is 19.7. The van der Waals surface area contributed by atoms with E-state index in [1.165, 1.54) is 5.56 Å². The van der Waals surface area contributed by atoms with Crippen molar-refractivity contribution in [3.63, 3.8) is 0 Å². The topological polar surface area (TPSA) is 79.4 Å². The second kappa shape index (κ2) is 8.91. The predicted octanol–water partition coefficient (Wildman–Crippen LogP) is 2.64. The number of piperidine rings is 1. The van der Waals surface area contributed by atoms with Gasteiger partial charge in [-0.3, -0.25) is 14.4 Å². The molecule has 0 aromatic heterocycles. The summed E-state index contributed by atoms with van der Waals surface area (Å²) in [7, 11) is 0. The summed E-state index contributed by atoms with van der Waals surface area (Å²) in [6, 6.07) is 13.5. The van der Waals surface area contributed by atoms with Gasteiger partial charge in [0.15, 0.2) is 11.5 Å². The van der Waals surface area contributed by atoms with Gasteiger partial charge in [-0.15, -0.1) is 0 Å². The Bertz CT molecular complexity index is 1170. The maximum absolute atomic E-state index is 13.3. The highest BCUT2D eigenvalue weighted by Gasteiger charge is 2.41. The van der Waals surface area contributed by atoms with Crippen molar-refractivity contribution in [2.45, 2.75) is 25.7 Å². The lowest BCUT2D eigenvalue weighted by molar-refractivity contribution is -0.142. The molecule has 2 saturated heterocycles. The highest BCUT2D eigenvalue weighted by Crippen LogP contribution is 2.37. The largest absolute Gasteiger partial charge is 0.486 e. The molecule has 4 heterocycles. The van der Waals surface area contributed by atoms with Crippen molar-refractivity contribution in [1.29, 1.82) is 0 Å². The maximum atomic E-state index is 13.3. The molecule has 2 aromatic rings. The lowest BCUT2D eigenvalue weighted by Crippen LogP contribution is -2.47. The van der Waals surface area contributed by atoms with E-state index in [4.69, 9.17) is 9.47 Å². The number of anilines is 2. The van der Waals surface area contributed by atoms with E-state index < -0.39 is 5.92 Å². The van der Waals surface area contributed by atoms with Crippen molar-refractivity contribution in [3.8, 4) is 11.5 Å². The molecule has 0 saturated carbocycles. The first-order valence-electron chi connectivity index (χ1n) is 12.5. The van der Waals surface area contributed by atoms with Crippen LogP contribution < -0.4 is 19.3 Å². The highest BCUT2D eigenvalue weighted by atomic mass is 16.6. The Balaban J connectivity index is 1.07. The summed E-state index contributed by atoms with van der Waals surface area (Å²) >= 11 is 0. The van der Waals surface area contributed by atoms with Crippen LogP contribution in [0.5, 0.6) is 11.5 Å². The van der Waals surface area contributed by atoms with Crippen molar-refractivity contribution in [3.05, 3.63) is 48.0 Å². The van der Waals surface area contributed by atoms with Gasteiger partial charge in [-0.1, -0.05) is 18.2 Å². The molecule has 0 spiro atoms. The van der Waals surface area contributed by atoms with E-state index in [1.54, 1.807) is 9.80 Å². The second-order valence-corrected chi connectivity index (χ2v) is 9.63. The number of fused-ring (bicyclic) bond motifs is 2. The third kappa shape index (κ3) is 3.90. The molecule has 8 nitrogen and oxygen atoms in total. The zero-order chi connectivity index (χ0) is 23.9. The van der Waals surface area contributed by atoms with Crippen LogP contribution in [0.3, 0.4) is 0 Å². The van der Waals surface area contributed by atoms with E-state index >= 15 is 0 Å². The van der Waals surface area contributed by atoms with Crippen LogP contribution in [0.15, 0.2) is 42.5 Å². The van der Waals surface area contributed by atoms with Crippen molar-refractivity contribution in [2.24, 2.45) is 11.8 Å². The highest BCUT2D eigenvalue weighted by molar-refractivity contribution is 6.09. The van der Waals surface area contributed by atoms with E-state index in [2.05, 4.69) is 6.07 Å². The summed E-state index contributed by atoms with van der Waals surface area (Å²) in [4.78, 5) is 45.0. The Morgan fingerprint density at radius 3 is 2.43 bits per heavy atom. The number of nitrogens with zero attached hydrogens (tertiary/aromatic N) is 3. The third-order valence-corrected chi connectivity index (χ3v) is 7.65. The molecule has 35 heavy (non-hydrogen) atoms. The summed E-state index contributed by atoms with van der Waals surface area (Å²) in [6.07, 6.45) is 2.66. The molecule has 2 aromatic carbocycles. The number of benzene rings is 2. The summed E-state index contributed by atoms with van der Waals surface area (Å²) in [6.45, 7) is 3.24. The van der Waals surface area contributed by atoms with Gasteiger partial charge in [-0.25, -0.2) is 0 Å². The first-order valence-corrected chi connectivity index (χ1v) is 12.5. The summed E-state index contributed by atoms with van der Waals surface area (Å²) < 4.78 is 11.2. The Morgan fingerprint density at radius 2 is 1.60 bits per heavy atom. The minimum atomic E-state index is -0.666. The van der Waals surface area contributed by atoms with Crippen LogP contribution in [-0.2, 0) is 20.8 Å². The number of rotatable bonds is 3. The van der Waals surface area contributed by atoms with Gasteiger partial charge in [0.05, 0.1) is 0 Å². The Hall–Kier alpha value is -3.55. The molecule has 0 N–H and O–H groups in total. The molecular weight excluding hydrogens is 446 g/mol. The van der Waals surface area contributed by atoms with Gasteiger partial charge < -0.3 is 24.2 Å². The zero-order valence-corrected chi connectivity index (χ0v) is 19.7. The third-order valence-electron chi connectivity index (χ3n) is 7.65. The molecule has 1 atom stereocenters. The fraction of sp³-hybridized carbons (Fsp3) is 0.444. The normalized spacial score (nSPS) is 21.9. The molecule has 6 rings (SSSR count). The Labute approximate surface area is 204 Å². The number of hydrogen-bond acceptors (Lipinski definition) is 5. The molecule has 4 aliphatic rings. The number of amides is 3. The molecule has 0 bridgehead atoms. The SMILES string of the molecule is O=C(C1CCN(c2ccc3c(c2)OCCO3)C1=O)N1CCC(C(=O)N2CCc3ccccc32)CC1. The van der Waals surface area contributed by atoms with E-state index in [0.29, 0.717) is 63.6 Å². The van der Waals surface area contributed by atoms with Crippen LogP contribution in [0, 0.1) is 11.8 Å². The average molecular weight is 476 g/mol. The van der Waals surface area contributed by atoms with Crippen LogP contribution in [0.4, 0.5) is 11.4 Å². The maximum Gasteiger partial charge on any atom is 0.239 e. The smallest absolute Gasteiger partial charge is 0.239 e. The number of para-hydroxylation sites is 1. The van der Waals surface area contributed by atoms with Crippen molar-refractivity contribution >= 4 is 29.1 Å². The number of hydrogen-bond donors (Lipinski definition) is 0. The van der Waals surface area contributed by atoms with Gasteiger partial charge in [0.2, 0.25) is 17.7 Å². The number of carbonyl (C=O) groups excluding carboxylic acids is 3. The lowest BCUT2D eigenvalue weighted by atomic mass is 9.94. The molecule has 2 fully saturated rings. The number of likely N-dealkylation sites (tertiary alicyclic amines) is 1. The van der Waals surface area contributed by atoms with E-state index in [9.17, 15) is 14.4 Å². The van der Waals surface area contributed by atoms with E-state index in [1.807, 2.05) is 41.3 Å². The van der Waals surface area contributed by atoms with Gasteiger partial charge in [0.1, 0.15) is 19.1 Å². The Kier molecular flexibility index (Phi) is 5.59. The Morgan fingerprint density at radius 1 is 0.829 bits per heavy atom. The standard InChI is InChI=1S/C27H29N3O5/c31-25(30-13-9-18-3-1-2-4-22(18)30)19-7-11-28(12-8-19)26(32)21-10-14-29(27(21)33)20-5-6-23-24(17-20)35-16-15-34-23/h1-6,17,19,21H,7-16H2. The van der Waals surface area contributed by atoms with Crippen molar-refractivity contribution < 1.29 is 23.9 Å². The summed E-state index contributed by atoms with van der Waals surface area (Å²) in [5, 5.41) is 0. The minimum Gasteiger partial charge on any atom is -0.486 e. The van der Waals surface area contributed by atoms with Gasteiger partial charge in [0, 0.05) is 49.5 Å². The van der Waals surface area contributed by atoms with Crippen LogP contribution in [-0.4, -0.2) is 62.0 Å². The van der Waals surface area contributed by atoms with Crippen LogP contribution in [0.25, 0.3) is 0 Å². The van der Waals surface area contributed by atoms with E-state index in [-0.39, 0.29) is 23.6 Å². The first kappa shape index (κ1) is 21.9. The van der Waals surface area contributed by atoms with Gasteiger partial charge in [-0.05, 0) is 49.4 Å². The molecule has 4 aliphatic heterocycles. The van der Waals surface area contributed by atoms with E-state index in [0.717, 1.165) is 24.3 Å². The minimum absolute atomic E-state index is 0.0845. The van der Waals surface area contributed by atoms with Crippen molar-refractivity contribution in [2.75, 3.05) is 49.2 Å². The second-order valence-electron chi connectivity index (χ2n) is 9.63. The molecular formula is C27H29N3O5. The number of ether oxygens (including phenoxy) is 2. The lowest BCUT2D eigenvalue weighted by Gasteiger charge is -2.34. The molecule has 0 aliphatic carbocycles. The van der Waals surface area contributed by atoms with Crippen LogP contribution >= 0.6 is 0 Å². The predicted molar refractivity (Wildman–Crippen MR) is 130 cm³/mol. The summed E-state index contributed by atoms with van der Waals surface area (Å²) in [5.41, 5.74) is 2.97.